The van der Waals surface area contributed by atoms with Gasteiger partial charge in [-0.2, -0.15) is 0 Å². The Morgan fingerprint density at radius 3 is 2.89 bits per heavy atom. The van der Waals surface area contributed by atoms with E-state index in [1.807, 2.05) is 0 Å². The number of rotatable bonds is 4. The maximum absolute atomic E-state index is 11.5. The molecule has 0 radical (unpaired) electrons. The summed E-state index contributed by atoms with van der Waals surface area (Å²) >= 11 is 0. The lowest BCUT2D eigenvalue weighted by molar-refractivity contribution is -0.117. The van der Waals surface area contributed by atoms with Crippen LogP contribution < -0.4 is 5.32 Å². The maximum Gasteiger partial charge on any atom is 0.354 e. The van der Waals surface area contributed by atoms with Crippen molar-refractivity contribution in [2.24, 2.45) is 0 Å². The fraction of sp³-hybridized carbons (Fsp3) is 0.111. The van der Waals surface area contributed by atoms with Crippen LogP contribution in [-0.2, 0) is 11.3 Å². The van der Waals surface area contributed by atoms with Crippen molar-refractivity contribution in [2.45, 2.75) is 6.54 Å². The molecule has 2 heterocycles. The topological polar surface area (TPSA) is 123 Å². The smallest absolute Gasteiger partial charge is 0.354 e. The molecular weight excluding hydrogens is 240 g/mol. The minimum atomic E-state index is -1.16. The van der Waals surface area contributed by atoms with Gasteiger partial charge in [-0.05, 0) is 22.6 Å². The zero-order valence-corrected chi connectivity index (χ0v) is 9.02. The second-order valence-electron chi connectivity index (χ2n) is 3.27. The van der Waals surface area contributed by atoms with Crippen LogP contribution in [0.3, 0.4) is 0 Å². The quantitative estimate of drug-likeness (QED) is 0.740. The fourth-order valence-corrected chi connectivity index (χ4v) is 1.21. The molecule has 9 heteroatoms. The van der Waals surface area contributed by atoms with Gasteiger partial charge in [0.25, 0.3) is 0 Å². The molecule has 2 aromatic heterocycles. The van der Waals surface area contributed by atoms with Gasteiger partial charge in [-0.1, -0.05) is 6.07 Å². The molecule has 0 saturated carbocycles. The molecule has 0 aliphatic rings. The van der Waals surface area contributed by atoms with Crippen LogP contribution in [0.1, 0.15) is 10.5 Å². The first-order valence-corrected chi connectivity index (χ1v) is 4.86. The molecule has 0 aromatic carbocycles. The summed E-state index contributed by atoms with van der Waals surface area (Å²) < 4.78 is 1.23. The third-order valence-electron chi connectivity index (χ3n) is 1.93. The van der Waals surface area contributed by atoms with Crippen molar-refractivity contribution < 1.29 is 14.7 Å². The SMILES string of the molecule is O=C(Cn1cnnn1)Nc1cccc(C(=O)O)n1. The Kier molecular flexibility index (Phi) is 3.23. The highest BCUT2D eigenvalue weighted by Gasteiger charge is 2.08. The number of anilines is 1. The monoisotopic (exact) mass is 248 g/mol. The van der Waals surface area contributed by atoms with Crippen molar-refractivity contribution in [3.63, 3.8) is 0 Å². The number of amides is 1. The first-order valence-electron chi connectivity index (χ1n) is 4.86. The van der Waals surface area contributed by atoms with Crippen molar-refractivity contribution >= 4 is 17.7 Å². The number of tetrazole rings is 1. The molecule has 0 saturated heterocycles. The summed E-state index contributed by atoms with van der Waals surface area (Å²) in [5.41, 5.74) is -0.143. The second kappa shape index (κ2) is 4.99. The number of aromatic nitrogens is 5. The highest BCUT2D eigenvalue weighted by Crippen LogP contribution is 2.04. The van der Waals surface area contributed by atoms with E-state index < -0.39 is 11.9 Å². The van der Waals surface area contributed by atoms with E-state index in [1.54, 1.807) is 0 Å². The van der Waals surface area contributed by atoms with Crippen LogP contribution in [0.15, 0.2) is 24.5 Å². The van der Waals surface area contributed by atoms with Crippen LogP contribution in [-0.4, -0.2) is 42.2 Å². The van der Waals surface area contributed by atoms with E-state index in [0.29, 0.717) is 0 Å². The fourth-order valence-electron chi connectivity index (χ4n) is 1.21. The van der Waals surface area contributed by atoms with E-state index in [0.717, 1.165) is 0 Å². The van der Waals surface area contributed by atoms with E-state index in [9.17, 15) is 9.59 Å². The highest BCUT2D eigenvalue weighted by atomic mass is 16.4. The normalized spacial score (nSPS) is 10.0. The van der Waals surface area contributed by atoms with E-state index in [-0.39, 0.29) is 18.1 Å². The molecule has 2 aromatic rings. The number of carboxylic acids is 1. The molecule has 0 fully saturated rings. The van der Waals surface area contributed by atoms with Crippen LogP contribution in [0.2, 0.25) is 0 Å². The Bertz CT molecular complexity index is 567. The summed E-state index contributed by atoms with van der Waals surface area (Å²) in [5, 5.41) is 21.5. The number of nitrogens with zero attached hydrogens (tertiary/aromatic N) is 5. The zero-order chi connectivity index (χ0) is 13.0. The Labute approximate surface area is 100 Å². The molecule has 0 aliphatic carbocycles. The molecule has 1 amide bonds. The number of carbonyl (C=O) groups is 2. The van der Waals surface area contributed by atoms with Crippen molar-refractivity contribution in [1.29, 1.82) is 0 Å². The Morgan fingerprint density at radius 1 is 1.39 bits per heavy atom. The molecule has 0 spiro atoms. The maximum atomic E-state index is 11.5. The number of hydrogen-bond acceptors (Lipinski definition) is 6. The third-order valence-corrected chi connectivity index (χ3v) is 1.93. The Hall–Kier alpha value is -2.84. The molecule has 2 N–H and O–H groups in total. The van der Waals surface area contributed by atoms with Crippen LogP contribution in [0, 0.1) is 0 Å². The largest absolute Gasteiger partial charge is 0.477 e. The summed E-state index contributed by atoms with van der Waals surface area (Å²) in [6, 6.07) is 4.31. The van der Waals surface area contributed by atoms with Gasteiger partial charge >= 0.3 is 5.97 Å². The molecule has 0 aliphatic heterocycles. The average Bonchev–Trinajstić information content (AvgIpc) is 2.82. The zero-order valence-electron chi connectivity index (χ0n) is 9.02. The molecule has 2 rings (SSSR count). The van der Waals surface area contributed by atoms with Crippen LogP contribution >= 0.6 is 0 Å². The number of carbonyl (C=O) groups excluding carboxylic acids is 1. The molecule has 0 unspecified atom stereocenters. The van der Waals surface area contributed by atoms with Crippen LogP contribution in [0.25, 0.3) is 0 Å². The van der Waals surface area contributed by atoms with Crippen molar-refractivity contribution in [2.75, 3.05) is 5.32 Å². The van der Waals surface area contributed by atoms with E-state index >= 15 is 0 Å². The van der Waals surface area contributed by atoms with Gasteiger partial charge in [-0.15, -0.1) is 5.10 Å². The van der Waals surface area contributed by atoms with Gasteiger partial charge in [0, 0.05) is 0 Å². The van der Waals surface area contributed by atoms with Gasteiger partial charge in [0.05, 0.1) is 0 Å². The molecule has 92 valence electrons. The predicted molar refractivity (Wildman–Crippen MR) is 57.6 cm³/mol. The molecule has 9 nitrogen and oxygen atoms in total. The van der Waals surface area contributed by atoms with Gasteiger partial charge in [0.2, 0.25) is 5.91 Å². The number of carboxylic acid groups (broad SMARTS) is 1. The summed E-state index contributed by atoms with van der Waals surface area (Å²) in [4.78, 5) is 26.0. The Balaban J connectivity index is 2.03. The van der Waals surface area contributed by atoms with E-state index in [1.165, 1.54) is 29.2 Å². The Morgan fingerprint density at radius 2 is 2.22 bits per heavy atom. The van der Waals surface area contributed by atoms with Gasteiger partial charge in [-0.25, -0.2) is 14.5 Å². The lowest BCUT2D eigenvalue weighted by Gasteiger charge is -2.04. The predicted octanol–water partition coefficient (Wildman–Crippen LogP) is -0.595. The number of pyridine rings is 1. The van der Waals surface area contributed by atoms with Gasteiger partial charge < -0.3 is 10.4 Å². The number of nitrogens with one attached hydrogen (secondary N) is 1. The van der Waals surface area contributed by atoms with Crippen LogP contribution in [0.4, 0.5) is 5.82 Å². The molecule has 0 bridgehead atoms. The first-order chi connectivity index (χ1) is 8.65. The van der Waals surface area contributed by atoms with Crippen molar-refractivity contribution in [3.8, 4) is 0 Å². The lowest BCUT2D eigenvalue weighted by Crippen LogP contribution is -2.20. The number of hydrogen-bond donors (Lipinski definition) is 2. The summed E-state index contributed by atoms with van der Waals surface area (Å²) in [7, 11) is 0. The third kappa shape index (κ3) is 2.84. The molecule has 0 atom stereocenters. The molecule has 18 heavy (non-hydrogen) atoms. The van der Waals surface area contributed by atoms with Crippen LogP contribution in [0.5, 0.6) is 0 Å². The standard InChI is InChI=1S/C9H8N6O3/c16-8(4-15-5-10-13-14-15)12-7-3-1-2-6(11-7)9(17)18/h1-3,5H,4H2,(H,17,18)(H,11,12,16). The summed E-state index contributed by atoms with van der Waals surface area (Å²) in [5.74, 6) is -1.41. The van der Waals surface area contributed by atoms with Gasteiger partial charge in [-0.3, -0.25) is 4.79 Å². The minimum Gasteiger partial charge on any atom is -0.477 e. The summed E-state index contributed by atoms with van der Waals surface area (Å²) in [6.07, 6.45) is 1.29. The van der Waals surface area contributed by atoms with E-state index in [4.69, 9.17) is 5.11 Å². The van der Waals surface area contributed by atoms with Crippen molar-refractivity contribution in [1.82, 2.24) is 25.2 Å². The number of aromatic carboxylic acids is 1. The highest BCUT2D eigenvalue weighted by molar-refractivity contribution is 5.91. The lowest BCUT2D eigenvalue weighted by atomic mass is 10.3. The minimum absolute atomic E-state index is 0.0774. The van der Waals surface area contributed by atoms with Gasteiger partial charge in [0.15, 0.2) is 5.69 Å². The van der Waals surface area contributed by atoms with Gasteiger partial charge in [0.1, 0.15) is 18.7 Å². The van der Waals surface area contributed by atoms with Crippen molar-refractivity contribution in [3.05, 3.63) is 30.2 Å². The summed E-state index contributed by atoms with van der Waals surface area (Å²) in [6.45, 7) is -0.0774. The second-order valence-corrected chi connectivity index (χ2v) is 3.27. The average molecular weight is 248 g/mol. The molecular formula is C9H8N6O3. The van der Waals surface area contributed by atoms with E-state index in [2.05, 4.69) is 25.8 Å². The first kappa shape index (κ1) is 11.6.